The third-order valence-electron chi connectivity index (χ3n) is 1.55. The van der Waals surface area contributed by atoms with Gasteiger partial charge in [0.05, 0.1) is 11.1 Å². The van der Waals surface area contributed by atoms with Crippen LogP contribution in [-0.2, 0) is 0 Å². The third kappa shape index (κ3) is 3.12. The molecule has 0 saturated heterocycles. The van der Waals surface area contributed by atoms with E-state index in [0.29, 0.717) is 5.56 Å². The summed E-state index contributed by atoms with van der Waals surface area (Å²) in [5.74, 6) is -0.496. The molecule has 0 aliphatic carbocycles. The molecule has 0 amide bonds. The van der Waals surface area contributed by atoms with Gasteiger partial charge in [-0.05, 0) is 17.7 Å². The summed E-state index contributed by atoms with van der Waals surface area (Å²) in [4.78, 5) is 0. The van der Waals surface area contributed by atoms with E-state index in [1.54, 1.807) is 0 Å². The van der Waals surface area contributed by atoms with Gasteiger partial charge in [-0.1, -0.05) is 17.7 Å². The minimum absolute atomic E-state index is 0. The largest absolute Gasteiger partial charge is 0.387 e. The highest BCUT2D eigenvalue weighted by Crippen LogP contribution is 2.19. The molecule has 1 rings (SSSR count). The summed E-state index contributed by atoms with van der Waals surface area (Å²) < 4.78 is 12.6. The maximum absolute atomic E-state index is 12.6. The summed E-state index contributed by atoms with van der Waals surface area (Å²) in [5, 5.41) is 9.24. The molecular weight excluding hydrogens is 216 g/mol. The Kier molecular flexibility index (Phi) is 5.25. The van der Waals surface area contributed by atoms with Gasteiger partial charge in [0.1, 0.15) is 5.82 Å². The maximum Gasteiger partial charge on any atom is 0.141 e. The van der Waals surface area contributed by atoms with Crippen molar-refractivity contribution in [3.63, 3.8) is 0 Å². The Morgan fingerprint density at radius 1 is 1.54 bits per heavy atom. The number of halogens is 3. The van der Waals surface area contributed by atoms with Gasteiger partial charge in [-0.25, -0.2) is 4.39 Å². The van der Waals surface area contributed by atoms with Crippen LogP contribution in [0.15, 0.2) is 18.2 Å². The highest BCUT2D eigenvalue weighted by molar-refractivity contribution is 6.30. The van der Waals surface area contributed by atoms with Crippen LogP contribution in [0.2, 0.25) is 5.02 Å². The fraction of sp³-hybridized carbons (Fsp3) is 0.250. The molecule has 0 bridgehead atoms. The van der Waals surface area contributed by atoms with Crippen LogP contribution >= 0.6 is 24.0 Å². The van der Waals surface area contributed by atoms with E-state index in [0.717, 1.165) is 0 Å². The van der Waals surface area contributed by atoms with Crippen LogP contribution in [0.4, 0.5) is 4.39 Å². The average Bonchev–Trinajstić information content (AvgIpc) is 2.08. The molecule has 0 heterocycles. The molecular formula is C8H10Cl2FNO. The van der Waals surface area contributed by atoms with Crippen molar-refractivity contribution in [2.45, 2.75) is 6.10 Å². The fourth-order valence-corrected chi connectivity index (χ4v) is 1.04. The van der Waals surface area contributed by atoms with Gasteiger partial charge in [0.25, 0.3) is 0 Å². The number of hydrogen-bond donors (Lipinski definition) is 2. The molecule has 5 heteroatoms. The van der Waals surface area contributed by atoms with E-state index in [4.69, 9.17) is 17.3 Å². The molecule has 0 spiro atoms. The van der Waals surface area contributed by atoms with Crippen molar-refractivity contribution in [1.29, 1.82) is 0 Å². The van der Waals surface area contributed by atoms with E-state index < -0.39 is 11.9 Å². The van der Waals surface area contributed by atoms with Crippen LogP contribution < -0.4 is 5.73 Å². The number of nitrogens with two attached hydrogens (primary N) is 1. The van der Waals surface area contributed by atoms with Crippen LogP contribution in [-0.4, -0.2) is 11.7 Å². The van der Waals surface area contributed by atoms with E-state index in [2.05, 4.69) is 0 Å². The summed E-state index contributed by atoms with van der Waals surface area (Å²) in [6.07, 6.45) is -0.775. The lowest BCUT2D eigenvalue weighted by atomic mass is 10.1. The zero-order chi connectivity index (χ0) is 9.14. The summed E-state index contributed by atoms with van der Waals surface area (Å²) in [5.41, 5.74) is 5.74. The van der Waals surface area contributed by atoms with Gasteiger partial charge in [0.2, 0.25) is 0 Å². The molecule has 3 N–H and O–H groups in total. The second kappa shape index (κ2) is 5.40. The standard InChI is InChI=1S/C8H9ClFNO.ClH/c9-6-3-5(8(12)4-11)1-2-7(6)10;/h1-3,8,12H,4,11H2;1H. The fourth-order valence-electron chi connectivity index (χ4n) is 0.856. The summed E-state index contributed by atoms with van der Waals surface area (Å²) in [6.45, 7) is 0.0992. The minimum atomic E-state index is -0.775. The minimum Gasteiger partial charge on any atom is -0.387 e. The highest BCUT2D eigenvalue weighted by Gasteiger charge is 2.07. The predicted molar refractivity (Wildman–Crippen MR) is 52.7 cm³/mol. The molecule has 0 saturated carbocycles. The monoisotopic (exact) mass is 225 g/mol. The van der Waals surface area contributed by atoms with Crippen LogP contribution in [0.3, 0.4) is 0 Å². The van der Waals surface area contributed by atoms with E-state index >= 15 is 0 Å². The Bertz CT molecular complexity index is 283. The predicted octanol–water partition coefficient (Wildman–Crippen LogP) is 1.89. The lowest BCUT2D eigenvalue weighted by Crippen LogP contribution is -2.11. The average molecular weight is 226 g/mol. The zero-order valence-corrected chi connectivity index (χ0v) is 8.28. The van der Waals surface area contributed by atoms with Crippen LogP contribution in [0, 0.1) is 5.82 Å². The van der Waals surface area contributed by atoms with Crippen molar-refractivity contribution in [3.8, 4) is 0 Å². The van der Waals surface area contributed by atoms with Crippen molar-refractivity contribution in [1.82, 2.24) is 0 Å². The van der Waals surface area contributed by atoms with Gasteiger partial charge < -0.3 is 10.8 Å². The third-order valence-corrected chi connectivity index (χ3v) is 1.84. The summed E-state index contributed by atoms with van der Waals surface area (Å²) in [6, 6.07) is 4.03. The lowest BCUT2D eigenvalue weighted by Gasteiger charge is -2.07. The van der Waals surface area contributed by atoms with Crippen molar-refractivity contribution in [2.24, 2.45) is 5.73 Å². The Morgan fingerprint density at radius 2 is 2.15 bits per heavy atom. The topological polar surface area (TPSA) is 46.2 Å². The second-order valence-electron chi connectivity index (χ2n) is 2.43. The molecule has 0 aliphatic rings. The first-order valence-corrected chi connectivity index (χ1v) is 3.86. The van der Waals surface area contributed by atoms with Gasteiger partial charge in [0, 0.05) is 6.54 Å². The molecule has 1 unspecified atom stereocenters. The Hall–Kier alpha value is -0.350. The Balaban J connectivity index is 0.00000144. The first-order chi connectivity index (χ1) is 5.65. The van der Waals surface area contributed by atoms with Gasteiger partial charge in [-0.2, -0.15) is 0 Å². The quantitative estimate of drug-likeness (QED) is 0.808. The number of hydrogen-bond acceptors (Lipinski definition) is 2. The van der Waals surface area contributed by atoms with Crippen molar-refractivity contribution in [3.05, 3.63) is 34.6 Å². The Labute approximate surface area is 86.9 Å². The van der Waals surface area contributed by atoms with Gasteiger partial charge in [-0.15, -0.1) is 12.4 Å². The molecule has 1 aromatic rings. The van der Waals surface area contributed by atoms with Crippen LogP contribution in [0.1, 0.15) is 11.7 Å². The normalized spacial score (nSPS) is 12.0. The van der Waals surface area contributed by atoms with E-state index in [1.807, 2.05) is 0 Å². The first-order valence-electron chi connectivity index (χ1n) is 3.48. The lowest BCUT2D eigenvalue weighted by molar-refractivity contribution is 0.186. The van der Waals surface area contributed by atoms with E-state index in [9.17, 15) is 9.50 Å². The van der Waals surface area contributed by atoms with Gasteiger partial charge in [0.15, 0.2) is 0 Å². The molecule has 74 valence electrons. The molecule has 0 aromatic heterocycles. The molecule has 0 radical (unpaired) electrons. The number of aliphatic hydroxyl groups excluding tert-OH is 1. The molecule has 1 atom stereocenters. The zero-order valence-electron chi connectivity index (χ0n) is 6.71. The van der Waals surface area contributed by atoms with Gasteiger partial charge in [-0.3, -0.25) is 0 Å². The molecule has 1 aromatic carbocycles. The van der Waals surface area contributed by atoms with Crippen molar-refractivity contribution >= 4 is 24.0 Å². The van der Waals surface area contributed by atoms with Gasteiger partial charge >= 0.3 is 0 Å². The smallest absolute Gasteiger partial charge is 0.141 e. The SMILES string of the molecule is Cl.NCC(O)c1ccc(F)c(Cl)c1. The summed E-state index contributed by atoms with van der Waals surface area (Å²) >= 11 is 5.49. The van der Waals surface area contributed by atoms with Crippen molar-refractivity contribution < 1.29 is 9.50 Å². The number of rotatable bonds is 2. The van der Waals surface area contributed by atoms with E-state index in [1.165, 1.54) is 18.2 Å². The van der Waals surface area contributed by atoms with Crippen LogP contribution in [0.25, 0.3) is 0 Å². The van der Waals surface area contributed by atoms with Crippen molar-refractivity contribution in [2.75, 3.05) is 6.54 Å². The van der Waals surface area contributed by atoms with E-state index in [-0.39, 0.29) is 24.0 Å². The Morgan fingerprint density at radius 3 is 2.62 bits per heavy atom. The first kappa shape index (κ1) is 12.7. The highest BCUT2D eigenvalue weighted by atomic mass is 35.5. The maximum atomic E-state index is 12.6. The summed E-state index contributed by atoms with van der Waals surface area (Å²) in [7, 11) is 0. The molecule has 2 nitrogen and oxygen atoms in total. The number of benzene rings is 1. The number of aliphatic hydroxyl groups is 1. The second-order valence-corrected chi connectivity index (χ2v) is 2.83. The van der Waals surface area contributed by atoms with Crippen LogP contribution in [0.5, 0.6) is 0 Å². The molecule has 0 fully saturated rings. The molecule has 0 aliphatic heterocycles. The molecule has 13 heavy (non-hydrogen) atoms.